The van der Waals surface area contributed by atoms with Crippen molar-refractivity contribution in [3.63, 3.8) is 0 Å². The number of hydrogen-bond acceptors (Lipinski definition) is 3. The van der Waals surface area contributed by atoms with Gasteiger partial charge in [0.05, 0.1) is 18.6 Å². The molecule has 23 heavy (non-hydrogen) atoms. The molecule has 0 aromatic heterocycles. The summed E-state index contributed by atoms with van der Waals surface area (Å²) < 4.78 is 5.80. The molecule has 1 aliphatic rings. The number of benzene rings is 1. The van der Waals surface area contributed by atoms with Crippen LogP contribution in [0.5, 0.6) is 0 Å². The van der Waals surface area contributed by atoms with Crippen molar-refractivity contribution in [2.24, 2.45) is 0 Å². The summed E-state index contributed by atoms with van der Waals surface area (Å²) in [4.78, 5) is 14.7. The fraction of sp³-hybridized carbons (Fsp3) is 0.632. The van der Waals surface area contributed by atoms with E-state index in [0.29, 0.717) is 13.0 Å². The van der Waals surface area contributed by atoms with E-state index < -0.39 is 0 Å². The van der Waals surface area contributed by atoms with Crippen molar-refractivity contribution in [3.8, 4) is 0 Å². The summed E-state index contributed by atoms with van der Waals surface area (Å²) in [6.07, 6.45) is 0.917. The van der Waals surface area contributed by atoms with E-state index in [1.54, 1.807) is 0 Å². The summed E-state index contributed by atoms with van der Waals surface area (Å²) in [5.41, 5.74) is 2.18. The topological polar surface area (TPSA) is 41.6 Å². The molecule has 2 rings (SSSR count). The number of carbonyl (C=O) groups excluding carboxylic acids is 1. The SMILES string of the molecule is Cc1ccccc1CC(=O)NCC(C)(C)N1C[C@@H](C)O[C@H](C)C1. The highest BCUT2D eigenvalue weighted by Crippen LogP contribution is 2.20. The predicted octanol–water partition coefficient (Wildman–Crippen LogP) is 2.54. The molecule has 1 heterocycles. The number of carbonyl (C=O) groups is 1. The molecule has 4 nitrogen and oxygen atoms in total. The van der Waals surface area contributed by atoms with Crippen LogP contribution in [0.15, 0.2) is 24.3 Å². The summed E-state index contributed by atoms with van der Waals surface area (Å²) in [6.45, 7) is 13.1. The molecular weight excluding hydrogens is 288 g/mol. The third kappa shape index (κ3) is 5.05. The Morgan fingerprint density at radius 3 is 2.48 bits per heavy atom. The molecule has 0 saturated carbocycles. The lowest BCUT2D eigenvalue weighted by Crippen LogP contribution is -2.58. The first kappa shape index (κ1) is 18.0. The molecule has 128 valence electrons. The Morgan fingerprint density at radius 2 is 1.87 bits per heavy atom. The molecule has 0 spiro atoms. The molecular formula is C19H30N2O2. The minimum absolute atomic E-state index is 0.0757. The lowest BCUT2D eigenvalue weighted by molar-refractivity contribution is -0.122. The van der Waals surface area contributed by atoms with Crippen molar-refractivity contribution in [2.75, 3.05) is 19.6 Å². The van der Waals surface area contributed by atoms with Crippen LogP contribution in [0.2, 0.25) is 0 Å². The molecule has 1 aliphatic heterocycles. The second-order valence-corrected chi connectivity index (χ2v) is 7.35. The maximum Gasteiger partial charge on any atom is 0.224 e. The van der Waals surface area contributed by atoms with Gasteiger partial charge in [-0.05, 0) is 45.7 Å². The van der Waals surface area contributed by atoms with Crippen molar-refractivity contribution < 1.29 is 9.53 Å². The molecule has 0 unspecified atom stereocenters. The number of aryl methyl sites for hydroxylation is 1. The fourth-order valence-corrected chi connectivity index (χ4v) is 3.14. The van der Waals surface area contributed by atoms with Crippen molar-refractivity contribution in [2.45, 2.75) is 58.8 Å². The maximum absolute atomic E-state index is 12.3. The highest BCUT2D eigenvalue weighted by molar-refractivity contribution is 5.79. The summed E-state index contributed by atoms with van der Waals surface area (Å²) in [5, 5.41) is 3.10. The van der Waals surface area contributed by atoms with Crippen LogP contribution in [0.3, 0.4) is 0 Å². The van der Waals surface area contributed by atoms with E-state index in [1.807, 2.05) is 31.2 Å². The van der Waals surface area contributed by atoms with E-state index in [4.69, 9.17) is 4.74 Å². The van der Waals surface area contributed by atoms with Crippen LogP contribution in [0.1, 0.15) is 38.8 Å². The summed E-state index contributed by atoms with van der Waals surface area (Å²) in [7, 11) is 0. The summed E-state index contributed by atoms with van der Waals surface area (Å²) in [6, 6.07) is 8.05. The molecule has 1 aromatic carbocycles. The third-order valence-corrected chi connectivity index (χ3v) is 4.61. The largest absolute Gasteiger partial charge is 0.373 e. The number of morpholine rings is 1. The number of amides is 1. The number of ether oxygens (including phenoxy) is 1. The molecule has 1 amide bonds. The van der Waals surface area contributed by atoms with E-state index in [2.05, 4.69) is 37.9 Å². The normalized spacial score (nSPS) is 22.8. The van der Waals surface area contributed by atoms with Gasteiger partial charge in [0.15, 0.2) is 0 Å². The fourth-order valence-electron chi connectivity index (χ4n) is 3.14. The minimum atomic E-state index is -0.0757. The van der Waals surface area contributed by atoms with E-state index in [0.717, 1.165) is 24.2 Å². The van der Waals surface area contributed by atoms with Gasteiger partial charge in [0.2, 0.25) is 5.91 Å². The Kier molecular flexibility index (Phi) is 5.82. The Labute approximate surface area is 140 Å². The van der Waals surface area contributed by atoms with Gasteiger partial charge in [-0.3, -0.25) is 9.69 Å². The second kappa shape index (κ2) is 7.45. The Bertz CT molecular complexity index is 532. The molecule has 0 bridgehead atoms. The summed E-state index contributed by atoms with van der Waals surface area (Å²) in [5.74, 6) is 0.0849. The average Bonchev–Trinajstić information content (AvgIpc) is 2.47. The van der Waals surface area contributed by atoms with E-state index in [-0.39, 0.29) is 23.7 Å². The lowest BCUT2D eigenvalue weighted by Gasteiger charge is -2.45. The molecule has 4 heteroatoms. The first-order valence-corrected chi connectivity index (χ1v) is 8.49. The summed E-state index contributed by atoms with van der Waals surface area (Å²) >= 11 is 0. The zero-order valence-electron chi connectivity index (χ0n) is 15.1. The van der Waals surface area contributed by atoms with Crippen LogP contribution < -0.4 is 5.32 Å². The first-order valence-electron chi connectivity index (χ1n) is 8.49. The maximum atomic E-state index is 12.3. The molecule has 2 atom stereocenters. The monoisotopic (exact) mass is 318 g/mol. The smallest absolute Gasteiger partial charge is 0.224 e. The van der Waals surface area contributed by atoms with Crippen LogP contribution in [0, 0.1) is 6.92 Å². The number of nitrogens with zero attached hydrogens (tertiary/aromatic N) is 1. The molecule has 0 aliphatic carbocycles. The van der Waals surface area contributed by atoms with Gasteiger partial charge in [0.25, 0.3) is 0 Å². The molecule has 0 radical (unpaired) electrons. The van der Waals surface area contributed by atoms with Crippen LogP contribution in [-0.4, -0.2) is 48.2 Å². The van der Waals surface area contributed by atoms with Gasteiger partial charge in [-0.15, -0.1) is 0 Å². The van der Waals surface area contributed by atoms with Gasteiger partial charge in [-0.25, -0.2) is 0 Å². The van der Waals surface area contributed by atoms with Gasteiger partial charge in [-0.1, -0.05) is 24.3 Å². The van der Waals surface area contributed by atoms with Crippen molar-refractivity contribution in [1.82, 2.24) is 10.2 Å². The molecule has 1 fully saturated rings. The Morgan fingerprint density at radius 1 is 1.26 bits per heavy atom. The number of nitrogens with one attached hydrogen (secondary N) is 1. The van der Waals surface area contributed by atoms with Gasteiger partial charge in [0.1, 0.15) is 0 Å². The Balaban J connectivity index is 1.88. The van der Waals surface area contributed by atoms with Crippen LogP contribution in [-0.2, 0) is 16.0 Å². The number of hydrogen-bond donors (Lipinski definition) is 1. The zero-order valence-corrected chi connectivity index (χ0v) is 15.1. The molecule has 1 saturated heterocycles. The van der Waals surface area contributed by atoms with Gasteiger partial charge >= 0.3 is 0 Å². The van der Waals surface area contributed by atoms with Gasteiger partial charge in [0, 0.05) is 25.2 Å². The van der Waals surface area contributed by atoms with Crippen LogP contribution in [0.4, 0.5) is 0 Å². The van der Waals surface area contributed by atoms with Crippen molar-refractivity contribution in [1.29, 1.82) is 0 Å². The van der Waals surface area contributed by atoms with Crippen LogP contribution >= 0.6 is 0 Å². The van der Waals surface area contributed by atoms with Gasteiger partial charge in [-0.2, -0.15) is 0 Å². The lowest BCUT2D eigenvalue weighted by atomic mass is 9.99. The van der Waals surface area contributed by atoms with Crippen LogP contribution in [0.25, 0.3) is 0 Å². The second-order valence-electron chi connectivity index (χ2n) is 7.35. The number of rotatable bonds is 5. The van der Waals surface area contributed by atoms with Gasteiger partial charge < -0.3 is 10.1 Å². The minimum Gasteiger partial charge on any atom is -0.373 e. The van der Waals surface area contributed by atoms with Crippen molar-refractivity contribution >= 4 is 5.91 Å². The zero-order chi connectivity index (χ0) is 17.0. The van der Waals surface area contributed by atoms with E-state index in [1.165, 1.54) is 0 Å². The standard InChI is InChI=1S/C19H30N2O2/c1-14-8-6-7-9-17(14)10-18(22)20-13-19(4,5)21-11-15(2)23-16(3)12-21/h6-9,15-16H,10-13H2,1-5H3,(H,20,22)/t15-,16-/m1/s1. The highest BCUT2D eigenvalue weighted by Gasteiger charge is 2.33. The molecule has 1 aromatic rings. The highest BCUT2D eigenvalue weighted by atomic mass is 16.5. The predicted molar refractivity (Wildman–Crippen MR) is 93.6 cm³/mol. The first-order chi connectivity index (χ1) is 10.8. The van der Waals surface area contributed by atoms with Crippen molar-refractivity contribution in [3.05, 3.63) is 35.4 Å². The van der Waals surface area contributed by atoms with E-state index >= 15 is 0 Å². The third-order valence-electron chi connectivity index (χ3n) is 4.61. The van der Waals surface area contributed by atoms with E-state index in [9.17, 15) is 4.79 Å². The average molecular weight is 318 g/mol. The molecule has 1 N–H and O–H groups in total. The quantitative estimate of drug-likeness (QED) is 0.907. The Hall–Kier alpha value is -1.39.